The second kappa shape index (κ2) is 4.29. The van der Waals surface area contributed by atoms with Crippen LogP contribution in [0, 0.1) is 10.8 Å². The van der Waals surface area contributed by atoms with Crippen LogP contribution < -0.4 is 0 Å². The Balaban J connectivity index is 5.27. The van der Waals surface area contributed by atoms with Crippen LogP contribution in [0.4, 0.5) is 0 Å². The first kappa shape index (κ1) is 13.4. The standard InChI is InChI=1S/C13H25N/c1-9-10(12(2,3)4)11(14-8)13(5,6)7/h9H,1-8H3/b10-9+,14-11?. The first-order valence-corrected chi connectivity index (χ1v) is 5.29. The molecule has 14 heavy (non-hydrogen) atoms. The highest BCUT2D eigenvalue weighted by Crippen LogP contribution is 2.33. The average Bonchev–Trinajstić information content (AvgIpc) is 1.94. The number of rotatable bonds is 1. The highest BCUT2D eigenvalue weighted by Gasteiger charge is 2.28. The summed E-state index contributed by atoms with van der Waals surface area (Å²) in [5.41, 5.74) is 2.88. The number of allylic oxidation sites excluding steroid dienone is 2. The van der Waals surface area contributed by atoms with Gasteiger partial charge in [0.15, 0.2) is 0 Å². The summed E-state index contributed by atoms with van der Waals surface area (Å²) in [5.74, 6) is 0. The zero-order chi connectivity index (χ0) is 11.6. The molecule has 0 N–H and O–H groups in total. The van der Waals surface area contributed by atoms with Crippen molar-refractivity contribution in [3.63, 3.8) is 0 Å². The van der Waals surface area contributed by atoms with Crippen LogP contribution >= 0.6 is 0 Å². The van der Waals surface area contributed by atoms with E-state index in [1.165, 1.54) is 11.3 Å². The summed E-state index contributed by atoms with van der Waals surface area (Å²) in [6, 6.07) is 0. The predicted octanol–water partition coefficient (Wildman–Crippen LogP) is 4.10. The van der Waals surface area contributed by atoms with E-state index in [0.29, 0.717) is 0 Å². The Hall–Kier alpha value is -0.590. The molecule has 0 unspecified atom stereocenters. The Morgan fingerprint density at radius 2 is 1.36 bits per heavy atom. The highest BCUT2D eigenvalue weighted by molar-refractivity contribution is 6.04. The molecule has 0 spiro atoms. The lowest BCUT2D eigenvalue weighted by atomic mass is 9.75. The van der Waals surface area contributed by atoms with Crippen LogP contribution in [0.1, 0.15) is 48.5 Å². The molecule has 1 heteroatoms. The first-order chi connectivity index (χ1) is 6.14. The third-order valence-electron chi connectivity index (χ3n) is 2.29. The van der Waals surface area contributed by atoms with Gasteiger partial charge in [-0.1, -0.05) is 47.6 Å². The van der Waals surface area contributed by atoms with Gasteiger partial charge < -0.3 is 0 Å². The normalized spacial score (nSPS) is 16.0. The molecule has 0 bridgehead atoms. The van der Waals surface area contributed by atoms with Crippen molar-refractivity contribution in [3.05, 3.63) is 11.6 Å². The molecule has 0 aliphatic carbocycles. The third-order valence-corrected chi connectivity index (χ3v) is 2.29. The average molecular weight is 195 g/mol. The van der Waals surface area contributed by atoms with E-state index in [1.54, 1.807) is 0 Å². The zero-order valence-electron chi connectivity index (χ0n) is 11.0. The van der Waals surface area contributed by atoms with E-state index < -0.39 is 0 Å². The van der Waals surface area contributed by atoms with Crippen LogP contribution in [0.15, 0.2) is 16.6 Å². The Labute approximate surface area is 89.3 Å². The lowest BCUT2D eigenvalue weighted by molar-refractivity contribution is 0.500. The van der Waals surface area contributed by atoms with E-state index in [9.17, 15) is 0 Å². The maximum Gasteiger partial charge on any atom is 0.0432 e. The van der Waals surface area contributed by atoms with Gasteiger partial charge in [-0.15, -0.1) is 0 Å². The lowest BCUT2D eigenvalue weighted by Crippen LogP contribution is -2.28. The van der Waals surface area contributed by atoms with E-state index in [-0.39, 0.29) is 10.8 Å². The molecule has 0 aliphatic heterocycles. The van der Waals surface area contributed by atoms with E-state index >= 15 is 0 Å². The van der Waals surface area contributed by atoms with Crippen LogP contribution in [0.25, 0.3) is 0 Å². The van der Waals surface area contributed by atoms with E-state index in [0.717, 1.165) is 0 Å². The van der Waals surface area contributed by atoms with Crippen molar-refractivity contribution in [1.82, 2.24) is 0 Å². The van der Waals surface area contributed by atoms with Crippen molar-refractivity contribution >= 4 is 5.71 Å². The molecule has 1 nitrogen and oxygen atoms in total. The quantitative estimate of drug-likeness (QED) is 0.559. The first-order valence-electron chi connectivity index (χ1n) is 5.29. The molecular weight excluding hydrogens is 170 g/mol. The fourth-order valence-electron chi connectivity index (χ4n) is 1.78. The van der Waals surface area contributed by atoms with Gasteiger partial charge in [-0.05, 0) is 17.9 Å². The van der Waals surface area contributed by atoms with Gasteiger partial charge in [0.25, 0.3) is 0 Å². The van der Waals surface area contributed by atoms with Crippen LogP contribution in [0.3, 0.4) is 0 Å². The monoisotopic (exact) mass is 195 g/mol. The van der Waals surface area contributed by atoms with Crippen molar-refractivity contribution in [3.8, 4) is 0 Å². The van der Waals surface area contributed by atoms with Crippen molar-refractivity contribution in [1.29, 1.82) is 0 Å². The Kier molecular flexibility index (Phi) is 4.11. The highest BCUT2D eigenvalue weighted by atomic mass is 14.7. The molecule has 0 aromatic rings. The van der Waals surface area contributed by atoms with Gasteiger partial charge in [0.05, 0.1) is 0 Å². The predicted molar refractivity (Wildman–Crippen MR) is 66.0 cm³/mol. The molecular formula is C13H25N. The molecule has 0 aromatic heterocycles. The van der Waals surface area contributed by atoms with Crippen molar-refractivity contribution in [2.24, 2.45) is 15.8 Å². The topological polar surface area (TPSA) is 12.4 Å². The minimum atomic E-state index is 0.129. The smallest absolute Gasteiger partial charge is 0.0432 e. The molecule has 0 saturated carbocycles. The Morgan fingerprint density at radius 3 is 1.43 bits per heavy atom. The van der Waals surface area contributed by atoms with Gasteiger partial charge >= 0.3 is 0 Å². The molecule has 0 atom stereocenters. The number of hydrogen-bond donors (Lipinski definition) is 0. The summed E-state index contributed by atoms with van der Waals surface area (Å²) in [4.78, 5) is 4.45. The number of nitrogens with zero attached hydrogens (tertiary/aromatic N) is 1. The van der Waals surface area contributed by atoms with Crippen molar-refractivity contribution in [2.75, 3.05) is 7.05 Å². The summed E-state index contributed by atoms with van der Waals surface area (Å²) < 4.78 is 0. The van der Waals surface area contributed by atoms with E-state index in [4.69, 9.17) is 0 Å². The molecule has 0 radical (unpaired) electrons. The van der Waals surface area contributed by atoms with E-state index in [1.807, 2.05) is 7.05 Å². The lowest BCUT2D eigenvalue weighted by Gasteiger charge is -2.31. The SMILES string of the molecule is C/C=C(\C(=NC)C(C)(C)C)C(C)(C)C. The van der Waals surface area contributed by atoms with Gasteiger partial charge in [0.2, 0.25) is 0 Å². The van der Waals surface area contributed by atoms with Gasteiger partial charge in [-0.2, -0.15) is 0 Å². The molecule has 82 valence electrons. The van der Waals surface area contributed by atoms with Crippen LogP contribution in [0.2, 0.25) is 0 Å². The second-order valence-corrected chi connectivity index (χ2v) is 5.77. The zero-order valence-corrected chi connectivity index (χ0v) is 11.0. The third kappa shape index (κ3) is 3.28. The van der Waals surface area contributed by atoms with Crippen molar-refractivity contribution in [2.45, 2.75) is 48.5 Å². The van der Waals surface area contributed by atoms with Crippen LogP contribution in [0.5, 0.6) is 0 Å². The number of hydrogen-bond acceptors (Lipinski definition) is 1. The number of aliphatic imine (C=N–C) groups is 1. The maximum absolute atomic E-state index is 4.45. The molecule has 0 heterocycles. The maximum atomic E-state index is 4.45. The minimum absolute atomic E-state index is 0.129. The molecule has 0 fully saturated rings. The van der Waals surface area contributed by atoms with Gasteiger partial charge in [0, 0.05) is 18.2 Å². The van der Waals surface area contributed by atoms with E-state index in [2.05, 4.69) is 59.5 Å². The fraction of sp³-hybridized carbons (Fsp3) is 0.769. The summed E-state index contributed by atoms with van der Waals surface area (Å²) in [6.45, 7) is 15.4. The summed E-state index contributed by atoms with van der Waals surface area (Å²) in [5, 5.41) is 0. The molecule has 0 aliphatic rings. The molecule has 0 amide bonds. The summed E-state index contributed by atoms with van der Waals surface area (Å²) in [6.07, 6.45) is 2.19. The molecule has 0 saturated heterocycles. The Morgan fingerprint density at radius 1 is 0.929 bits per heavy atom. The fourth-order valence-corrected chi connectivity index (χ4v) is 1.78. The van der Waals surface area contributed by atoms with Crippen molar-refractivity contribution < 1.29 is 0 Å². The summed E-state index contributed by atoms with van der Waals surface area (Å²) >= 11 is 0. The molecule has 0 rings (SSSR count). The Bertz CT molecular complexity index is 215. The van der Waals surface area contributed by atoms with Gasteiger partial charge in [0.1, 0.15) is 0 Å². The minimum Gasteiger partial charge on any atom is -0.292 e. The largest absolute Gasteiger partial charge is 0.292 e. The summed E-state index contributed by atoms with van der Waals surface area (Å²) in [7, 11) is 1.88. The van der Waals surface area contributed by atoms with Crippen LogP contribution in [-0.2, 0) is 0 Å². The molecule has 0 aromatic carbocycles. The van der Waals surface area contributed by atoms with Gasteiger partial charge in [-0.3, -0.25) is 4.99 Å². The second-order valence-electron chi connectivity index (χ2n) is 5.77. The van der Waals surface area contributed by atoms with Gasteiger partial charge in [-0.25, -0.2) is 0 Å². The van der Waals surface area contributed by atoms with Crippen LogP contribution in [-0.4, -0.2) is 12.8 Å².